The molecule has 2 N–H and O–H groups in total. The first-order valence-electron chi connectivity index (χ1n) is 7.22. The molecular formula is C16H23ClN4O. The molecule has 1 heterocycles. The normalized spacial score (nSPS) is 11.5. The number of carbonyl (C=O) groups excluding carboxylic acids is 1. The molecule has 1 aromatic heterocycles. The molecule has 5 nitrogen and oxygen atoms in total. The van der Waals surface area contributed by atoms with Crippen molar-refractivity contribution in [3.63, 3.8) is 0 Å². The van der Waals surface area contributed by atoms with Crippen LogP contribution in [-0.4, -0.2) is 35.8 Å². The fourth-order valence-corrected chi connectivity index (χ4v) is 2.11. The number of hydrogen-bond acceptors (Lipinski definition) is 3. The summed E-state index contributed by atoms with van der Waals surface area (Å²) in [6.07, 6.45) is 4.62. The van der Waals surface area contributed by atoms with Gasteiger partial charge < -0.3 is 10.6 Å². The maximum Gasteiger partial charge on any atom is 0.224 e. The summed E-state index contributed by atoms with van der Waals surface area (Å²) in [4.78, 5) is 11.8. The maximum absolute atomic E-state index is 11.8. The molecule has 22 heavy (non-hydrogen) atoms. The summed E-state index contributed by atoms with van der Waals surface area (Å²) in [6, 6.07) is 9.98. The molecule has 6 heteroatoms. The number of benzene rings is 1. The second-order valence-electron chi connectivity index (χ2n) is 5.13. The van der Waals surface area contributed by atoms with Crippen molar-refractivity contribution < 1.29 is 4.79 Å². The van der Waals surface area contributed by atoms with Crippen LogP contribution in [0.5, 0.6) is 0 Å². The number of nitrogens with zero attached hydrogens (tertiary/aromatic N) is 2. The van der Waals surface area contributed by atoms with E-state index in [0.717, 1.165) is 17.7 Å². The van der Waals surface area contributed by atoms with Gasteiger partial charge in [0.1, 0.15) is 0 Å². The highest BCUT2D eigenvalue weighted by Gasteiger charge is 2.10. The highest BCUT2D eigenvalue weighted by molar-refractivity contribution is 5.85. The van der Waals surface area contributed by atoms with Crippen molar-refractivity contribution in [3.05, 3.63) is 48.3 Å². The first-order chi connectivity index (χ1) is 10.2. The fraction of sp³-hybridized carbons (Fsp3) is 0.375. The summed E-state index contributed by atoms with van der Waals surface area (Å²) in [6.45, 7) is 3.24. The largest absolute Gasteiger partial charge is 0.355 e. The minimum Gasteiger partial charge on any atom is -0.355 e. The van der Waals surface area contributed by atoms with Gasteiger partial charge in [0, 0.05) is 25.2 Å². The van der Waals surface area contributed by atoms with Crippen LogP contribution in [0.15, 0.2) is 42.7 Å². The summed E-state index contributed by atoms with van der Waals surface area (Å²) in [5.41, 5.74) is 2.15. The Morgan fingerprint density at radius 2 is 2.05 bits per heavy atom. The van der Waals surface area contributed by atoms with Crippen molar-refractivity contribution in [1.82, 2.24) is 20.4 Å². The predicted molar refractivity (Wildman–Crippen MR) is 90.6 cm³/mol. The minimum absolute atomic E-state index is 0. The molecule has 0 spiro atoms. The Hall–Kier alpha value is -1.85. The van der Waals surface area contributed by atoms with Gasteiger partial charge in [0.15, 0.2) is 0 Å². The first kappa shape index (κ1) is 18.2. The van der Waals surface area contributed by atoms with Gasteiger partial charge in [-0.25, -0.2) is 4.68 Å². The van der Waals surface area contributed by atoms with E-state index >= 15 is 0 Å². The Balaban J connectivity index is 0.00000242. The molecule has 0 bridgehead atoms. The molecule has 2 aromatic rings. The number of rotatable bonds is 7. The molecule has 1 unspecified atom stereocenters. The van der Waals surface area contributed by atoms with Gasteiger partial charge in [-0.3, -0.25) is 4.79 Å². The van der Waals surface area contributed by atoms with Crippen molar-refractivity contribution >= 4 is 18.3 Å². The Bertz CT molecular complexity index is 571. The predicted octanol–water partition coefficient (Wildman–Crippen LogP) is 1.81. The molecular weight excluding hydrogens is 300 g/mol. The van der Waals surface area contributed by atoms with Crippen molar-refractivity contribution in [2.45, 2.75) is 13.3 Å². The Morgan fingerprint density at radius 1 is 1.32 bits per heavy atom. The third kappa shape index (κ3) is 5.16. The van der Waals surface area contributed by atoms with Crippen molar-refractivity contribution in [2.24, 2.45) is 5.92 Å². The molecule has 0 aliphatic carbocycles. The SMILES string of the molecule is CNCC(C)C(=O)NCCc1cnn(-c2ccccc2)c1.Cl. The summed E-state index contributed by atoms with van der Waals surface area (Å²) in [5.74, 6) is 0.0712. The van der Waals surface area contributed by atoms with Crippen LogP contribution < -0.4 is 10.6 Å². The van der Waals surface area contributed by atoms with Gasteiger partial charge in [-0.1, -0.05) is 25.1 Å². The van der Waals surface area contributed by atoms with E-state index in [1.54, 1.807) is 0 Å². The van der Waals surface area contributed by atoms with Crippen LogP contribution in [0.25, 0.3) is 5.69 Å². The topological polar surface area (TPSA) is 59.0 Å². The summed E-state index contributed by atoms with van der Waals surface area (Å²) in [7, 11) is 1.85. The summed E-state index contributed by atoms with van der Waals surface area (Å²) in [5, 5.41) is 10.3. The molecule has 1 atom stereocenters. The standard InChI is InChI=1S/C16H22N4O.ClH/c1-13(10-17-2)16(21)18-9-8-14-11-19-20(12-14)15-6-4-3-5-7-15;/h3-7,11-13,17H,8-10H2,1-2H3,(H,18,21);1H. The van der Waals surface area contributed by atoms with Crippen molar-refractivity contribution in [1.29, 1.82) is 0 Å². The van der Waals surface area contributed by atoms with Crippen LogP contribution in [0.4, 0.5) is 0 Å². The van der Waals surface area contributed by atoms with Gasteiger partial charge in [0.2, 0.25) is 5.91 Å². The highest BCUT2D eigenvalue weighted by atomic mass is 35.5. The van der Waals surface area contributed by atoms with Gasteiger partial charge >= 0.3 is 0 Å². The number of amides is 1. The zero-order valence-electron chi connectivity index (χ0n) is 13.0. The van der Waals surface area contributed by atoms with E-state index in [0.29, 0.717) is 13.1 Å². The third-order valence-electron chi connectivity index (χ3n) is 3.33. The second-order valence-corrected chi connectivity index (χ2v) is 5.13. The molecule has 2 rings (SSSR count). The number of nitrogens with one attached hydrogen (secondary N) is 2. The molecule has 0 saturated heterocycles. The lowest BCUT2D eigenvalue weighted by Gasteiger charge is -2.10. The molecule has 0 aliphatic heterocycles. The monoisotopic (exact) mass is 322 g/mol. The average molecular weight is 323 g/mol. The van der Waals surface area contributed by atoms with E-state index in [1.165, 1.54) is 0 Å². The van der Waals surface area contributed by atoms with Gasteiger partial charge in [0.25, 0.3) is 0 Å². The highest BCUT2D eigenvalue weighted by Crippen LogP contribution is 2.07. The van der Waals surface area contributed by atoms with E-state index in [4.69, 9.17) is 0 Å². The van der Waals surface area contributed by atoms with Crippen LogP contribution in [-0.2, 0) is 11.2 Å². The van der Waals surface area contributed by atoms with Crippen LogP contribution in [0.2, 0.25) is 0 Å². The van der Waals surface area contributed by atoms with Gasteiger partial charge in [-0.2, -0.15) is 5.10 Å². The maximum atomic E-state index is 11.8. The minimum atomic E-state index is -0.0120. The Morgan fingerprint density at radius 3 is 2.73 bits per heavy atom. The first-order valence-corrected chi connectivity index (χ1v) is 7.22. The summed E-state index contributed by atoms with van der Waals surface area (Å²) < 4.78 is 1.85. The smallest absolute Gasteiger partial charge is 0.224 e. The summed E-state index contributed by atoms with van der Waals surface area (Å²) >= 11 is 0. The van der Waals surface area contributed by atoms with E-state index in [9.17, 15) is 4.79 Å². The third-order valence-corrected chi connectivity index (χ3v) is 3.33. The van der Waals surface area contributed by atoms with Crippen molar-refractivity contribution in [2.75, 3.05) is 20.1 Å². The molecule has 120 valence electrons. The van der Waals surface area contributed by atoms with E-state index < -0.39 is 0 Å². The van der Waals surface area contributed by atoms with Crippen LogP contribution >= 0.6 is 12.4 Å². The van der Waals surface area contributed by atoms with Gasteiger partial charge in [-0.05, 0) is 31.2 Å². The number of carbonyl (C=O) groups is 1. The molecule has 1 aromatic carbocycles. The zero-order chi connectivity index (χ0) is 15.1. The molecule has 0 radical (unpaired) electrons. The lowest BCUT2D eigenvalue weighted by molar-refractivity contribution is -0.124. The van der Waals surface area contributed by atoms with E-state index in [1.807, 2.05) is 61.4 Å². The lowest BCUT2D eigenvalue weighted by atomic mass is 10.1. The average Bonchev–Trinajstić information content (AvgIpc) is 2.97. The van der Waals surface area contributed by atoms with Crippen LogP contribution in [0.1, 0.15) is 12.5 Å². The Labute approximate surface area is 137 Å². The Kier molecular flexibility index (Phi) is 7.63. The second kappa shape index (κ2) is 9.23. The van der Waals surface area contributed by atoms with Crippen LogP contribution in [0.3, 0.4) is 0 Å². The van der Waals surface area contributed by atoms with E-state index in [-0.39, 0.29) is 24.2 Å². The van der Waals surface area contributed by atoms with Crippen molar-refractivity contribution in [3.8, 4) is 5.69 Å². The molecule has 0 fully saturated rings. The number of hydrogen-bond donors (Lipinski definition) is 2. The van der Waals surface area contributed by atoms with E-state index in [2.05, 4.69) is 15.7 Å². The molecule has 1 amide bonds. The zero-order valence-corrected chi connectivity index (χ0v) is 13.8. The number of para-hydroxylation sites is 1. The van der Waals surface area contributed by atoms with Gasteiger partial charge in [0.05, 0.1) is 11.9 Å². The fourth-order valence-electron chi connectivity index (χ4n) is 2.11. The quantitative estimate of drug-likeness (QED) is 0.817. The van der Waals surface area contributed by atoms with Crippen LogP contribution in [0, 0.1) is 5.92 Å². The molecule has 0 aliphatic rings. The number of halogens is 1. The molecule has 0 saturated carbocycles. The van der Waals surface area contributed by atoms with Gasteiger partial charge in [-0.15, -0.1) is 12.4 Å². The number of aromatic nitrogens is 2. The lowest BCUT2D eigenvalue weighted by Crippen LogP contribution is -2.35.